The highest BCUT2D eigenvalue weighted by Gasteiger charge is 2.20. The molecule has 1 heterocycles. The second kappa shape index (κ2) is 5.27. The van der Waals surface area contributed by atoms with Crippen LogP contribution < -0.4 is 10.6 Å². The first-order valence-electron chi connectivity index (χ1n) is 6.12. The van der Waals surface area contributed by atoms with Crippen molar-refractivity contribution in [3.8, 4) is 11.5 Å². The number of hydrogen-bond acceptors (Lipinski definition) is 4. The predicted molar refractivity (Wildman–Crippen MR) is 67.7 cm³/mol. The van der Waals surface area contributed by atoms with Crippen LogP contribution in [-0.2, 0) is 0 Å². The van der Waals surface area contributed by atoms with E-state index in [0.29, 0.717) is 6.04 Å². The number of phenols is 2. The van der Waals surface area contributed by atoms with E-state index < -0.39 is 0 Å². The lowest BCUT2D eigenvalue weighted by molar-refractivity contribution is 0.0925. The minimum atomic E-state index is -0.264. The fraction of sp³-hybridized carbons (Fsp3) is 0.462. The van der Waals surface area contributed by atoms with E-state index in [9.17, 15) is 15.0 Å². The maximum absolute atomic E-state index is 12.0. The van der Waals surface area contributed by atoms with Gasteiger partial charge in [0.1, 0.15) is 11.5 Å². The van der Waals surface area contributed by atoms with E-state index in [4.69, 9.17) is 0 Å². The molecular weight excluding hydrogens is 232 g/mol. The van der Waals surface area contributed by atoms with Crippen LogP contribution in [0.1, 0.15) is 30.1 Å². The van der Waals surface area contributed by atoms with Crippen molar-refractivity contribution in [3.63, 3.8) is 0 Å². The van der Waals surface area contributed by atoms with E-state index in [0.717, 1.165) is 19.4 Å². The summed E-state index contributed by atoms with van der Waals surface area (Å²) in [5, 5.41) is 24.9. The van der Waals surface area contributed by atoms with Gasteiger partial charge < -0.3 is 20.8 Å². The molecule has 2 atom stereocenters. The van der Waals surface area contributed by atoms with Gasteiger partial charge in [-0.05, 0) is 38.4 Å². The Kier molecular flexibility index (Phi) is 3.72. The van der Waals surface area contributed by atoms with Crippen LogP contribution in [0.25, 0.3) is 0 Å². The van der Waals surface area contributed by atoms with Gasteiger partial charge in [0, 0.05) is 23.7 Å². The minimum absolute atomic E-state index is 0.112. The van der Waals surface area contributed by atoms with Crippen LogP contribution >= 0.6 is 0 Å². The number of rotatable bonds is 2. The molecule has 98 valence electrons. The molecule has 1 aromatic carbocycles. The lowest BCUT2D eigenvalue weighted by Crippen LogP contribution is -2.46. The Labute approximate surface area is 106 Å². The highest BCUT2D eigenvalue weighted by atomic mass is 16.3. The van der Waals surface area contributed by atoms with Crippen LogP contribution in [-0.4, -0.2) is 34.7 Å². The third-order valence-corrected chi connectivity index (χ3v) is 3.12. The smallest absolute Gasteiger partial charge is 0.251 e. The summed E-state index contributed by atoms with van der Waals surface area (Å²) in [5.74, 6) is -0.488. The molecule has 0 bridgehead atoms. The number of hydrogen-bond donors (Lipinski definition) is 4. The zero-order valence-corrected chi connectivity index (χ0v) is 10.3. The summed E-state index contributed by atoms with van der Waals surface area (Å²) in [6.07, 6.45) is 1.78. The monoisotopic (exact) mass is 250 g/mol. The number of nitrogens with one attached hydrogen (secondary N) is 2. The average Bonchev–Trinajstić information content (AvgIpc) is 2.27. The molecule has 1 aromatic rings. The normalized spacial score (nSPS) is 23.6. The third kappa shape index (κ3) is 3.13. The average molecular weight is 250 g/mol. The van der Waals surface area contributed by atoms with Gasteiger partial charge in [0.2, 0.25) is 0 Å². The summed E-state index contributed by atoms with van der Waals surface area (Å²) < 4.78 is 0. The minimum Gasteiger partial charge on any atom is -0.508 e. The zero-order chi connectivity index (χ0) is 13.1. The van der Waals surface area contributed by atoms with E-state index in [1.165, 1.54) is 18.2 Å². The van der Waals surface area contributed by atoms with Gasteiger partial charge in [0.05, 0.1) is 0 Å². The predicted octanol–water partition coefficient (Wildman–Crippen LogP) is 0.968. The Balaban J connectivity index is 2.02. The number of phenolic OH excluding ortho intramolecular Hbond substituents is 2. The van der Waals surface area contributed by atoms with E-state index in [1.807, 2.05) is 0 Å². The Morgan fingerprint density at radius 1 is 1.33 bits per heavy atom. The first-order chi connectivity index (χ1) is 8.54. The fourth-order valence-electron chi connectivity index (χ4n) is 2.26. The first-order valence-corrected chi connectivity index (χ1v) is 6.12. The maximum atomic E-state index is 12.0. The molecule has 2 unspecified atom stereocenters. The van der Waals surface area contributed by atoms with Crippen LogP contribution in [0.15, 0.2) is 18.2 Å². The van der Waals surface area contributed by atoms with Crippen molar-refractivity contribution in [2.45, 2.75) is 31.8 Å². The number of aromatic hydroxyl groups is 2. The second-order valence-corrected chi connectivity index (χ2v) is 4.79. The molecule has 0 radical (unpaired) electrons. The Hall–Kier alpha value is -1.75. The molecule has 5 nitrogen and oxygen atoms in total. The van der Waals surface area contributed by atoms with Crippen molar-refractivity contribution in [3.05, 3.63) is 23.8 Å². The third-order valence-electron chi connectivity index (χ3n) is 3.12. The molecule has 5 heteroatoms. The van der Waals surface area contributed by atoms with Gasteiger partial charge in [-0.15, -0.1) is 0 Å². The number of carbonyl (C=O) groups is 1. The Morgan fingerprint density at radius 2 is 2.00 bits per heavy atom. The summed E-state index contributed by atoms with van der Waals surface area (Å²) in [5.41, 5.74) is 0.277. The number of benzene rings is 1. The van der Waals surface area contributed by atoms with Crippen molar-refractivity contribution >= 4 is 5.91 Å². The van der Waals surface area contributed by atoms with Gasteiger partial charge >= 0.3 is 0 Å². The van der Waals surface area contributed by atoms with Crippen LogP contribution in [0.4, 0.5) is 0 Å². The summed E-state index contributed by atoms with van der Waals surface area (Å²) in [4.78, 5) is 12.0. The second-order valence-electron chi connectivity index (χ2n) is 4.79. The van der Waals surface area contributed by atoms with E-state index >= 15 is 0 Å². The van der Waals surface area contributed by atoms with Crippen molar-refractivity contribution in [2.24, 2.45) is 0 Å². The van der Waals surface area contributed by atoms with Gasteiger partial charge in [-0.25, -0.2) is 0 Å². The molecule has 0 spiro atoms. The summed E-state index contributed by atoms with van der Waals surface area (Å²) in [6.45, 7) is 2.97. The molecule has 1 aliphatic heterocycles. The molecule has 1 aliphatic rings. The summed E-state index contributed by atoms with van der Waals surface area (Å²) in [7, 11) is 0. The number of carbonyl (C=O) groups excluding carboxylic acids is 1. The van der Waals surface area contributed by atoms with E-state index in [1.54, 1.807) is 0 Å². The molecule has 1 amide bonds. The largest absolute Gasteiger partial charge is 0.508 e. The van der Waals surface area contributed by atoms with Crippen molar-refractivity contribution in [1.82, 2.24) is 10.6 Å². The fourth-order valence-corrected chi connectivity index (χ4v) is 2.26. The first kappa shape index (κ1) is 12.7. The van der Waals surface area contributed by atoms with Crippen LogP contribution in [0.5, 0.6) is 11.5 Å². The quantitative estimate of drug-likeness (QED) is 0.630. The molecule has 0 aliphatic carbocycles. The standard InChI is InChI=1S/C13H18N2O3/c1-8-4-10(2-3-14-8)15-13(18)9-5-11(16)7-12(17)6-9/h5-8,10,14,16-17H,2-4H2,1H3,(H,15,18). The molecule has 4 N–H and O–H groups in total. The molecular formula is C13H18N2O3. The Morgan fingerprint density at radius 3 is 2.61 bits per heavy atom. The SMILES string of the molecule is CC1CC(NC(=O)c2cc(O)cc(O)c2)CCN1. The molecule has 1 saturated heterocycles. The van der Waals surface area contributed by atoms with E-state index in [-0.39, 0.29) is 29.0 Å². The highest BCUT2D eigenvalue weighted by Crippen LogP contribution is 2.20. The topological polar surface area (TPSA) is 81.6 Å². The zero-order valence-electron chi connectivity index (χ0n) is 10.3. The highest BCUT2D eigenvalue weighted by molar-refractivity contribution is 5.95. The van der Waals surface area contributed by atoms with Crippen LogP contribution in [0.3, 0.4) is 0 Å². The molecule has 18 heavy (non-hydrogen) atoms. The summed E-state index contributed by atoms with van der Waals surface area (Å²) >= 11 is 0. The van der Waals surface area contributed by atoms with Crippen LogP contribution in [0, 0.1) is 0 Å². The van der Waals surface area contributed by atoms with Crippen molar-refractivity contribution in [1.29, 1.82) is 0 Å². The van der Waals surface area contributed by atoms with Gasteiger partial charge in [-0.2, -0.15) is 0 Å². The van der Waals surface area contributed by atoms with Crippen molar-refractivity contribution < 1.29 is 15.0 Å². The Bertz CT molecular complexity index is 428. The number of piperidine rings is 1. The van der Waals surface area contributed by atoms with Crippen LogP contribution in [0.2, 0.25) is 0 Å². The summed E-state index contributed by atoms with van der Waals surface area (Å²) in [6, 6.07) is 4.42. The molecule has 1 fully saturated rings. The van der Waals surface area contributed by atoms with Crippen molar-refractivity contribution in [2.75, 3.05) is 6.54 Å². The molecule has 2 rings (SSSR count). The van der Waals surface area contributed by atoms with Gasteiger partial charge in [0.25, 0.3) is 5.91 Å². The van der Waals surface area contributed by atoms with Gasteiger partial charge in [-0.3, -0.25) is 4.79 Å². The maximum Gasteiger partial charge on any atom is 0.251 e. The lowest BCUT2D eigenvalue weighted by atomic mass is 10.0. The molecule has 0 aromatic heterocycles. The van der Waals surface area contributed by atoms with Gasteiger partial charge in [-0.1, -0.05) is 0 Å². The van der Waals surface area contributed by atoms with E-state index in [2.05, 4.69) is 17.6 Å². The molecule has 0 saturated carbocycles. The lowest BCUT2D eigenvalue weighted by Gasteiger charge is -2.28. The van der Waals surface area contributed by atoms with Gasteiger partial charge in [0.15, 0.2) is 0 Å². The number of amides is 1.